The molecule has 6 nitrogen and oxygen atoms in total. The SMILES string of the molecule is Cc1nccc(N2CC(NC(=O)OCc3ccccc3)C2)n1. The smallest absolute Gasteiger partial charge is 0.407 e. The van der Waals surface area contributed by atoms with E-state index in [9.17, 15) is 4.79 Å². The van der Waals surface area contributed by atoms with Gasteiger partial charge in [-0.2, -0.15) is 0 Å². The Morgan fingerprint density at radius 1 is 1.32 bits per heavy atom. The third-order valence-corrected chi connectivity index (χ3v) is 3.50. The highest BCUT2D eigenvalue weighted by Gasteiger charge is 2.29. The number of carbonyl (C=O) groups is 1. The van der Waals surface area contributed by atoms with E-state index in [4.69, 9.17) is 4.74 Å². The topological polar surface area (TPSA) is 67.4 Å². The van der Waals surface area contributed by atoms with Crippen LogP contribution in [0.3, 0.4) is 0 Å². The summed E-state index contributed by atoms with van der Waals surface area (Å²) in [5.41, 5.74) is 0.976. The largest absolute Gasteiger partial charge is 0.445 e. The molecule has 22 heavy (non-hydrogen) atoms. The van der Waals surface area contributed by atoms with E-state index in [0.29, 0.717) is 0 Å². The highest BCUT2D eigenvalue weighted by atomic mass is 16.5. The van der Waals surface area contributed by atoms with Crippen molar-refractivity contribution in [1.29, 1.82) is 0 Å². The molecule has 1 N–H and O–H groups in total. The van der Waals surface area contributed by atoms with Gasteiger partial charge in [0.1, 0.15) is 18.2 Å². The third-order valence-electron chi connectivity index (χ3n) is 3.50. The van der Waals surface area contributed by atoms with Gasteiger partial charge in [0.2, 0.25) is 0 Å². The number of amides is 1. The Morgan fingerprint density at radius 2 is 2.09 bits per heavy atom. The molecule has 1 aromatic heterocycles. The van der Waals surface area contributed by atoms with Crippen LogP contribution in [-0.2, 0) is 11.3 Å². The molecule has 0 spiro atoms. The molecule has 1 aromatic carbocycles. The molecule has 1 amide bonds. The summed E-state index contributed by atoms with van der Waals surface area (Å²) >= 11 is 0. The summed E-state index contributed by atoms with van der Waals surface area (Å²) in [5, 5.41) is 2.85. The fourth-order valence-corrected chi connectivity index (χ4v) is 2.31. The Morgan fingerprint density at radius 3 is 2.82 bits per heavy atom. The predicted octanol–water partition coefficient (Wildman–Crippen LogP) is 1.90. The summed E-state index contributed by atoms with van der Waals surface area (Å²) in [6.45, 7) is 3.61. The molecule has 0 bridgehead atoms. The van der Waals surface area contributed by atoms with E-state index in [2.05, 4.69) is 20.2 Å². The number of nitrogens with zero attached hydrogens (tertiary/aromatic N) is 3. The van der Waals surface area contributed by atoms with Crippen molar-refractivity contribution in [2.75, 3.05) is 18.0 Å². The number of carbonyl (C=O) groups excluding carboxylic acids is 1. The normalized spacial score (nSPS) is 14.3. The first-order valence-electron chi connectivity index (χ1n) is 7.22. The molecule has 2 aromatic rings. The summed E-state index contributed by atoms with van der Waals surface area (Å²) in [5.74, 6) is 1.64. The third kappa shape index (κ3) is 3.52. The first-order chi connectivity index (χ1) is 10.7. The second kappa shape index (κ2) is 6.43. The summed E-state index contributed by atoms with van der Waals surface area (Å²) < 4.78 is 5.20. The van der Waals surface area contributed by atoms with E-state index in [1.54, 1.807) is 6.20 Å². The lowest BCUT2D eigenvalue weighted by molar-refractivity contribution is 0.133. The number of alkyl carbamates (subject to hydrolysis) is 1. The van der Waals surface area contributed by atoms with Crippen molar-refractivity contribution in [2.45, 2.75) is 19.6 Å². The van der Waals surface area contributed by atoms with Crippen LogP contribution in [-0.4, -0.2) is 35.2 Å². The van der Waals surface area contributed by atoms with E-state index >= 15 is 0 Å². The van der Waals surface area contributed by atoms with Crippen molar-refractivity contribution in [3.8, 4) is 0 Å². The number of rotatable bonds is 4. The minimum Gasteiger partial charge on any atom is -0.445 e. The molecular weight excluding hydrogens is 280 g/mol. The quantitative estimate of drug-likeness (QED) is 0.933. The van der Waals surface area contributed by atoms with E-state index in [1.807, 2.05) is 43.3 Å². The highest BCUT2D eigenvalue weighted by Crippen LogP contribution is 2.17. The summed E-state index contributed by atoms with van der Waals surface area (Å²) in [6.07, 6.45) is 1.36. The number of hydrogen-bond donors (Lipinski definition) is 1. The Balaban J connectivity index is 1.41. The maximum Gasteiger partial charge on any atom is 0.407 e. The van der Waals surface area contributed by atoms with Gasteiger partial charge in [0.05, 0.1) is 6.04 Å². The molecule has 1 aliphatic rings. The van der Waals surface area contributed by atoms with Gasteiger partial charge in [-0.3, -0.25) is 0 Å². The predicted molar refractivity (Wildman–Crippen MR) is 82.5 cm³/mol. The first kappa shape index (κ1) is 14.3. The Hall–Kier alpha value is -2.63. The zero-order chi connectivity index (χ0) is 15.4. The number of aryl methyl sites for hydroxylation is 1. The van der Waals surface area contributed by atoms with Gasteiger partial charge < -0.3 is 15.0 Å². The molecule has 0 atom stereocenters. The molecule has 0 unspecified atom stereocenters. The second-order valence-electron chi connectivity index (χ2n) is 5.27. The van der Waals surface area contributed by atoms with Crippen LogP contribution in [0.5, 0.6) is 0 Å². The van der Waals surface area contributed by atoms with Crippen LogP contribution < -0.4 is 10.2 Å². The lowest BCUT2D eigenvalue weighted by Crippen LogP contribution is -2.59. The van der Waals surface area contributed by atoms with Gasteiger partial charge >= 0.3 is 6.09 Å². The number of hydrogen-bond acceptors (Lipinski definition) is 5. The van der Waals surface area contributed by atoms with Crippen LogP contribution >= 0.6 is 0 Å². The molecule has 1 aliphatic heterocycles. The molecular formula is C16H18N4O2. The monoisotopic (exact) mass is 298 g/mol. The van der Waals surface area contributed by atoms with E-state index in [0.717, 1.165) is 30.3 Å². The van der Waals surface area contributed by atoms with E-state index in [1.165, 1.54) is 0 Å². The van der Waals surface area contributed by atoms with Gasteiger partial charge in [0.15, 0.2) is 0 Å². The maximum absolute atomic E-state index is 11.7. The lowest BCUT2D eigenvalue weighted by Gasteiger charge is -2.40. The molecule has 2 heterocycles. The highest BCUT2D eigenvalue weighted by molar-refractivity contribution is 5.68. The van der Waals surface area contributed by atoms with Gasteiger partial charge in [-0.1, -0.05) is 30.3 Å². The lowest BCUT2D eigenvalue weighted by atomic mass is 10.1. The van der Waals surface area contributed by atoms with Crippen molar-refractivity contribution >= 4 is 11.9 Å². The van der Waals surface area contributed by atoms with Gasteiger partial charge in [-0.25, -0.2) is 14.8 Å². The first-order valence-corrected chi connectivity index (χ1v) is 7.22. The second-order valence-corrected chi connectivity index (χ2v) is 5.27. The Bertz CT molecular complexity index is 642. The van der Waals surface area contributed by atoms with E-state index < -0.39 is 0 Å². The average molecular weight is 298 g/mol. The molecule has 0 saturated carbocycles. The summed E-state index contributed by atoms with van der Waals surface area (Å²) in [4.78, 5) is 22.3. The van der Waals surface area contributed by atoms with Crippen LogP contribution in [0.1, 0.15) is 11.4 Å². The summed E-state index contributed by atoms with van der Waals surface area (Å²) in [7, 11) is 0. The van der Waals surface area contributed by atoms with Crippen LogP contribution in [0.15, 0.2) is 42.6 Å². The average Bonchev–Trinajstić information content (AvgIpc) is 2.49. The van der Waals surface area contributed by atoms with Crippen molar-refractivity contribution < 1.29 is 9.53 Å². The molecule has 1 saturated heterocycles. The fraction of sp³-hybridized carbons (Fsp3) is 0.312. The molecule has 1 fully saturated rings. The minimum absolute atomic E-state index is 0.0959. The fourth-order valence-electron chi connectivity index (χ4n) is 2.31. The maximum atomic E-state index is 11.7. The molecule has 3 rings (SSSR count). The van der Waals surface area contributed by atoms with Crippen molar-refractivity contribution in [1.82, 2.24) is 15.3 Å². The summed E-state index contributed by atoms with van der Waals surface area (Å²) in [6, 6.07) is 11.6. The zero-order valence-electron chi connectivity index (χ0n) is 12.4. The van der Waals surface area contributed by atoms with Crippen LogP contribution in [0.2, 0.25) is 0 Å². The van der Waals surface area contributed by atoms with Gasteiger partial charge in [-0.15, -0.1) is 0 Å². The standard InChI is InChI=1S/C16H18N4O2/c1-12-17-8-7-15(18-12)20-9-14(10-20)19-16(21)22-11-13-5-3-2-4-6-13/h2-8,14H,9-11H2,1H3,(H,19,21). The van der Waals surface area contributed by atoms with Crippen molar-refractivity contribution in [2.24, 2.45) is 0 Å². The van der Waals surface area contributed by atoms with Crippen LogP contribution in [0.25, 0.3) is 0 Å². The van der Waals surface area contributed by atoms with Crippen molar-refractivity contribution in [3.05, 3.63) is 54.0 Å². The number of nitrogens with one attached hydrogen (secondary N) is 1. The van der Waals surface area contributed by atoms with Gasteiger partial charge in [0.25, 0.3) is 0 Å². The van der Waals surface area contributed by atoms with Crippen LogP contribution in [0.4, 0.5) is 10.6 Å². The number of ether oxygens (including phenoxy) is 1. The Labute approximate surface area is 129 Å². The number of anilines is 1. The minimum atomic E-state index is -0.382. The van der Waals surface area contributed by atoms with Gasteiger partial charge in [-0.05, 0) is 18.6 Å². The van der Waals surface area contributed by atoms with E-state index in [-0.39, 0.29) is 18.7 Å². The molecule has 0 radical (unpaired) electrons. The number of benzene rings is 1. The van der Waals surface area contributed by atoms with Crippen molar-refractivity contribution in [3.63, 3.8) is 0 Å². The zero-order valence-corrected chi connectivity index (χ0v) is 12.4. The Kier molecular flexibility index (Phi) is 4.18. The molecule has 114 valence electrons. The molecule has 6 heteroatoms. The van der Waals surface area contributed by atoms with Crippen LogP contribution in [0, 0.1) is 6.92 Å². The molecule has 0 aliphatic carbocycles. The number of aromatic nitrogens is 2. The van der Waals surface area contributed by atoms with Gasteiger partial charge in [0, 0.05) is 19.3 Å².